The Morgan fingerprint density at radius 3 is 2.50 bits per heavy atom. The van der Waals surface area contributed by atoms with Gasteiger partial charge in [-0.3, -0.25) is 4.79 Å². The first kappa shape index (κ1) is 15.5. The number of hydrogen-bond acceptors (Lipinski definition) is 2. The molecule has 2 aliphatic heterocycles. The van der Waals surface area contributed by atoms with Crippen LogP contribution >= 0.6 is 0 Å². The fourth-order valence-corrected chi connectivity index (χ4v) is 3.78. The molecule has 1 aromatic carbocycles. The van der Waals surface area contributed by atoms with E-state index in [9.17, 15) is 4.79 Å². The summed E-state index contributed by atoms with van der Waals surface area (Å²) in [6, 6.07) is 8.95. The van der Waals surface area contributed by atoms with Gasteiger partial charge in [0.1, 0.15) is 0 Å². The first-order valence-corrected chi connectivity index (χ1v) is 8.75. The summed E-state index contributed by atoms with van der Waals surface area (Å²) in [4.78, 5) is 17.4. The molecule has 0 N–H and O–H groups in total. The number of likely N-dealkylation sites (tertiary alicyclic amines) is 1. The fraction of sp³-hybridized carbons (Fsp3) is 0.632. The average molecular weight is 300 g/mol. The van der Waals surface area contributed by atoms with E-state index in [-0.39, 0.29) is 5.92 Å². The van der Waals surface area contributed by atoms with Gasteiger partial charge in [-0.1, -0.05) is 44.5 Å². The summed E-state index contributed by atoms with van der Waals surface area (Å²) < 4.78 is 0. The number of amides is 1. The Labute approximate surface area is 134 Å². The molecule has 1 saturated heterocycles. The van der Waals surface area contributed by atoms with Crippen molar-refractivity contribution in [1.82, 2.24) is 9.80 Å². The maximum atomic E-state index is 12.7. The van der Waals surface area contributed by atoms with Crippen LogP contribution in [0.2, 0.25) is 0 Å². The van der Waals surface area contributed by atoms with Crippen molar-refractivity contribution in [3.8, 4) is 0 Å². The highest BCUT2D eigenvalue weighted by atomic mass is 16.2. The molecule has 3 nitrogen and oxygen atoms in total. The molecule has 2 aliphatic rings. The van der Waals surface area contributed by atoms with Gasteiger partial charge in [0.2, 0.25) is 5.91 Å². The van der Waals surface area contributed by atoms with Crippen molar-refractivity contribution in [2.75, 3.05) is 19.6 Å². The summed E-state index contributed by atoms with van der Waals surface area (Å²) in [5, 5.41) is 0. The molecule has 22 heavy (non-hydrogen) atoms. The quantitative estimate of drug-likeness (QED) is 0.856. The molecule has 1 aromatic rings. The average Bonchev–Trinajstić information content (AvgIpc) is 2.54. The van der Waals surface area contributed by atoms with Crippen LogP contribution in [0.15, 0.2) is 24.3 Å². The van der Waals surface area contributed by atoms with Crippen molar-refractivity contribution >= 4 is 5.91 Å². The molecule has 3 rings (SSSR count). The molecule has 1 atom stereocenters. The molecule has 0 saturated carbocycles. The van der Waals surface area contributed by atoms with Gasteiger partial charge in [0, 0.05) is 25.0 Å². The SMILES string of the molecule is CC(C)C(=O)N1Cc2ccccc2C[C@@H]1CN1CCCCC1. The second kappa shape index (κ2) is 6.82. The lowest BCUT2D eigenvalue weighted by molar-refractivity contribution is -0.138. The molecule has 0 bridgehead atoms. The van der Waals surface area contributed by atoms with Crippen LogP contribution in [0.1, 0.15) is 44.2 Å². The van der Waals surface area contributed by atoms with E-state index in [2.05, 4.69) is 34.1 Å². The number of piperidine rings is 1. The molecule has 2 heterocycles. The van der Waals surface area contributed by atoms with E-state index in [0.717, 1.165) is 19.5 Å². The van der Waals surface area contributed by atoms with Crippen molar-refractivity contribution in [2.24, 2.45) is 5.92 Å². The number of benzene rings is 1. The minimum absolute atomic E-state index is 0.0779. The standard InChI is InChI=1S/C19H28N2O/c1-15(2)19(22)21-13-17-9-5-4-8-16(17)12-18(21)14-20-10-6-3-7-11-20/h4-5,8-9,15,18H,3,6-7,10-14H2,1-2H3/t18-/m1/s1. The second-order valence-electron chi connectivity index (χ2n) is 7.11. The number of nitrogens with zero attached hydrogens (tertiary/aromatic N) is 2. The predicted molar refractivity (Wildman–Crippen MR) is 89.6 cm³/mol. The Morgan fingerprint density at radius 2 is 1.82 bits per heavy atom. The molecule has 0 aromatic heterocycles. The van der Waals surface area contributed by atoms with Gasteiger partial charge in [0.25, 0.3) is 0 Å². The minimum Gasteiger partial charge on any atom is -0.334 e. The van der Waals surface area contributed by atoms with Crippen molar-refractivity contribution in [2.45, 2.75) is 52.1 Å². The highest BCUT2D eigenvalue weighted by Crippen LogP contribution is 2.26. The Hall–Kier alpha value is -1.35. The lowest BCUT2D eigenvalue weighted by Crippen LogP contribution is -2.51. The molecule has 1 fully saturated rings. The first-order chi connectivity index (χ1) is 10.6. The molecule has 0 unspecified atom stereocenters. The lowest BCUT2D eigenvalue weighted by Gasteiger charge is -2.41. The summed E-state index contributed by atoms with van der Waals surface area (Å²) in [5.41, 5.74) is 2.75. The monoisotopic (exact) mass is 300 g/mol. The van der Waals surface area contributed by atoms with Crippen LogP contribution in [-0.2, 0) is 17.8 Å². The van der Waals surface area contributed by atoms with E-state index >= 15 is 0 Å². The minimum atomic E-state index is 0.0779. The van der Waals surface area contributed by atoms with Crippen LogP contribution in [-0.4, -0.2) is 41.4 Å². The Morgan fingerprint density at radius 1 is 1.14 bits per heavy atom. The van der Waals surface area contributed by atoms with Crippen molar-refractivity contribution in [3.05, 3.63) is 35.4 Å². The molecular weight excluding hydrogens is 272 g/mol. The van der Waals surface area contributed by atoms with Crippen molar-refractivity contribution < 1.29 is 4.79 Å². The van der Waals surface area contributed by atoms with Crippen molar-refractivity contribution in [3.63, 3.8) is 0 Å². The second-order valence-corrected chi connectivity index (χ2v) is 7.11. The van der Waals surface area contributed by atoms with Crippen LogP contribution in [0.4, 0.5) is 0 Å². The molecule has 1 amide bonds. The molecule has 3 heteroatoms. The Kier molecular flexibility index (Phi) is 4.82. The summed E-state index contributed by atoms with van der Waals surface area (Å²) in [7, 11) is 0. The van der Waals surface area contributed by atoms with Gasteiger partial charge in [0.15, 0.2) is 0 Å². The zero-order valence-corrected chi connectivity index (χ0v) is 13.9. The topological polar surface area (TPSA) is 23.6 Å². The summed E-state index contributed by atoms with van der Waals surface area (Å²) in [6.45, 7) is 8.24. The normalized spacial score (nSPS) is 22.7. The fourth-order valence-electron chi connectivity index (χ4n) is 3.78. The Balaban J connectivity index is 1.79. The van der Waals surface area contributed by atoms with Gasteiger partial charge in [-0.2, -0.15) is 0 Å². The van der Waals surface area contributed by atoms with Gasteiger partial charge in [0.05, 0.1) is 0 Å². The number of hydrogen-bond donors (Lipinski definition) is 0. The van der Waals surface area contributed by atoms with Crippen LogP contribution in [0.3, 0.4) is 0 Å². The van der Waals surface area contributed by atoms with Crippen LogP contribution in [0, 0.1) is 5.92 Å². The molecular formula is C19H28N2O. The molecule has 0 aliphatic carbocycles. The third kappa shape index (κ3) is 3.35. The summed E-state index contributed by atoms with van der Waals surface area (Å²) in [5.74, 6) is 0.380. The maximum absolute atomic E-state index is 12.7. The predicted octanol–water partition coefficient (Wildman–Crippen LogP) is 3.08. The van der Waals surface area contributed by atoms with Gasteiger partial charge in [-0.05, 0) is 43.5 Å². The number of carbonyl (C=O) groups excluding carboxylic acids is 1. The largest absolute Gasteiger partial charge is 0.334 e. The third-order valence-electron chi connectivity index (χ3n) is 5.05. The van der Waals surface area contributed by atoms with E-state index in [0.29, 0.717) is 11.9 Å². The van der Waals surface area contributed by atoms with E-state index < -0.39 is 0 Å². The van der Waals surface area contributed by atoms with E-state index in [1.54, 1.807) is 0 Å². The Bertz CT molecular complexity index is 520. The van der Waals surface area contributed by atoms with Crippen LogP contribution in [0.5, 0.6) is 0 Å². The van der Waals surface area contributed by atoms with Crippen LogP contribution < -0.4 is 0 Å². The van der Waals surface area contributed by atoms with Gasteiger partial charge in [-0.25, -0.2) is 0 Å². The highest BCUT2D eigenvalue weighted by Gasteiger charge is 2.32. The lowest BCUT2D eigenvalue weighted by atomic mass is 9.92. The first-order valence-electron chi connectivity index (χ1n) is 8.75. The molecule has 0 radical (unpaired) electrons. The van der Waals surface area contributed by atoms with E-state index in [4.69, 9.17) is 0 Å². The van der Waals surface area contributed by atoms with E-state index in [1.807, 2.05) is 13.8 Å². The summed E-state index contributed by atoms with van der Waals surface area (Å²) >= 11 is 0. The zero-order valence-electron chi connectivity index (χ0n) is 13.9. The van der Waals surface area contributed by atoms with Crippen molar-refractivity contribution in [1.29, 1.82) is 0 Å². The highest BCUT2D eigenvalue weighted by molar-refractivity contribution is 5.78. The maximum Gasteiger partial charge on any atom is 0.225 e. The van der Waals surface area contributed by atoms with Crippen LogP contribution in [0.25, 0.3) is 0 Å². The van der Waals surface area contributed by atoms with Gasteiger partial charge >= 0.3 is 0 Å². The van der Waals surface area contributed by atoms with Gasteiger partial charge < -0.3 is 9.80 Å². The smallest absolute Gasteiger partial charge is 0.225 e. The molecule has 120 valence electrons. The zero-order chi connectivity index (χ0) is 15.5. The van der Waals surface area contributed by atoms with Gasteiger partial charge in [-0.15, -0.1) is 0 Å². The number of carbonyl (C=O) groups is 1. The summed E-state index contributed by atoms with van der Waals surface area (Å²) in [6.07, 6.45) is 4.98. The number of rotatable bonds is 3. The van der Waals surface area contributed by atoms with E-state index in [1.165, 1.54) is 43.5 Å². The molecule has 0 spiro atoms. The third-order valence-corrected chi connectivity index (χ3v) is 5.05. The number of fused-ring (bicyclic) bond motifs is 1.